The van der Waals surface area contributed by atoms with Crippen LogP contribution in [0.15, 0.2) is 24.3 Å². The number of amides is 2. The molecule has 0 spiro atoms. The summed E-state index contributed by atoms with van der Waals surface area (Å²) >= 11 is 0. The lowest BCUT2D eigenvalue weighted by Crippen LogP contribution is -3.30. The Kier molecular flexibility index (Phi) is 7.89. The Hall–Kier alpha value is -1.92. The molecule has 3 N–H and O–H groups in total. The fourth-order valence-electron chi connectivity index (χ4n) is 5.20. The number of anilines is 1. The third-order valence-corrected chi connectivity index (χ3v) is 6.85. The highest BCUT2D eigenvalue weighted by Crippen LogP contribution is 2.21. The number of para-hydroxylation sites is 1. The van der Waals surface area contributed by atoms with Crippen LogP contribution < -0.4 is 15.1 Å². The van der Waals surface area contributed by atoms with E-state index >= 15 is 0 Å². The molecule has 166 valence electrons. The van der Waals surface area contributed by atoms with Crippen molar-refractivity contribution in [3.63, 3.8) is 0 Å². The van der Waals surface area contributed by atoms with Crippen LogP contribution in [0, 0.1) is 11.8 Å². The minimum atomic E-state index is 0.00862. The van der Waals surface area contributed by atoms with Crippen LogP contribution in [0.3, 0.4) is 0 Å². The second-order valence-corrected chi connectivity index (χ2v) is 9.55. The topological polar surface area (TPSA) is 58.3 Å². The van der Waals surface area contributed by atoms with Crippen LogP contribution in [0.1, 0.15) is 39.7 Å². The van der Waals surface area contributed by atoms with Crippen LogP contribution in [0.25, 0.3) is 0 Å². The average molecular weight is 417 g/mol. The van der Waals surface area contributed by atoms with Crippen LogP contribution in [-0.4, -0.2) is 68.6 Å². The van der Waals surface area contributed by atoms with E-state index in [9.17, 15) is 9.59 Å². The molecule has 0 saturated carbocycles. The van der Waals surface area contributed by atoms with E-state index in [2.05, 4.69) is 44.0 Å². The third-order valence-electron chi connectivity index (χ3n) is 6.85. The molecule has 2 aliphatic heterocycles. The Balaban J connectivity index is 1.46. The lowest BCUT2D eigenvalue weighted by molar-refractivity contribution is -1.01. The van der Waals surface area contributed by atoms with E-state index in [4.69, 9.17) is 0 Å². The quantitative estimate of drug-likeness (QED) is 0.605. The van der Waals surface area contributed by atoms with Gasteiger partial charge in [0.15, 0.2) is 12.6 Å². The van der Waals surface area contributed by atoms with Gasteiger partial charge in [-0.15, -0.1) is 0 Å². The summed E-state index contributed by atoms with van der Waals surface area (Å²) in [5, 5.41) is 3.08. The number of likely N-dealkylation sites (tertiary alicyclic amines) is 1. The number of rotatable bonds is 6. The fraction of sp³-hybridized carbons (Fsp3) is 0.667. The summed E-state index contributed by atoms with van der Waals surface area (Å²) < 4.78 is 0. The zero-order valence-electron chi connectivity index (χ0n) is 19.2. The highest BCUT2D eigenvalue weighted by atomic mass is 16.2. The van der Waals surface area contributed by atoms with Crippen LogP contribution >= 0.6 is 0 Å². The van der Waals surface area contributed by atoms with Gasteiger partial charge in [0.05, 0.1) is 0 Å². The molecule has 2 heterocycles. The molecule has 0 bridgehead atoms. The molecule has 6 nitrogen and oxygen atoms in total. The second kappa shape index (κ2) is 10.4. The molecule has 30 heavy (non-hydrogen) atoms. The average Bonchev–Trinajstić information content (AvgIpc) is 2.73. The largest absolute Gasteiger partial charge is 0.337 e. The number of quaternary nitrogens is 2. The van der Waals surface area contributed by atoms with Crippen LogP contribution in [0.5, 0.6) is 0 Å². The van der Waals surface area contributed by atoms with E-state index in [1.165, 1.54) is 21.8 Å². The Labute approximate surface area is 181 Å². The van der Waals surface area contributed by atoms with E-state index < -0.39 is 0 Å². The number of carbonyl (C=O) groups excluding carboxylic acids is 2. The van der Waals surface area contributed by atoms with Crippen molar-refractivity contribution in [1.82, 2.24) is 4.90 Å². The SMILES string of the molecule is CCc1ccccc1NC(=O)C[NH+]1CC[NH+]([C@@H](C)C(=O)N2C[C@@H](C)C[C@H](C)C2)CC1. The molecule has 2 fully saturated rings. The molecule has 6 heteroatoms. The maximum atomic E-state index is 13.0. The second-order valence-electron chi connectivity index (χ2n) is 9.55. The van der Waals surface area contributed by atoms with E-state index in [0.29, 0.717) is 24.3 Å². The molecule has 0 aromatic heterocycles. The summed E-state index contributed by atoms with van der Waals surface area (Å²) in [5.74, 6) is 1.57. The number of nitrogens with zero attached hydrogens (tertiary/aromatic N) is 1. The van der Waals surface area contributed by atoms with Gasteiger partial charge >= 0.3 is 0 Å². The first-order chi connectivity index (χ1) is 14.4. The summed E-state index contributed by atoms with van der Waals surface area (Å²) in [6, 6.07) is 8.02. The minimum Gasteiger partial charge on any atom is -0.337 e. The van der Waals surface area contributed by atoms with Crippen molar-refractivity contribution in [3.8, 4) is 0 Å². The number of aryl methyl sites for hydroxylation is 1. The van der Waals surface area contributed by atoms with Gasteiger partial charge in [-0.05, 0) is 43.2 Å². The van der Waals surface area contributed by atoms with Gasteiger partial charge in [-0.3, -0.25) is 9.59 Å². The van der Waals surface area contributed by atoms with Crippen LogP contribution in [0.4, 0.5) is 5.69 Å². The van der Waals surface area contributed by atoms with E-state index in [1.54, 1.807) is 0 Å². The van der Waals surface area contributed by atoms with Gasteiger partial charge < -0.3 is 20.0 Å². The van der Waals surface area contributed by atoms with E-state index in [-0.39, 0.29) is 11.9 Å². The van der Waals surface area contributed by atoms with Crippen LogP contribution in [-0.2, 0) is 16.0 Å². The highest BCUT2D eigenvalue weighted by molar-refractivity contribution is 5.92. The van der Waals surface area contributed by atoms with Gasteiger partial charge in [0, 0.05) is 18.8 Å². The molecule has 2 aliphatic rings. The smallest absolute Gasteiger partial charge is 0.280 e. The van der Waals surface area contributed by atoms with Crippen molar-refractivity contribution in [2.45, 2.75) is 46.6 Å². The van der Waals surface area contributed by atoms with Crippen molar-refractivity contribution in [2.24, 2.45) is 11.8 Å². The highest BCUT2D eigenvalue weighted by Gasteiger charge is 2.36. The number of benzene rings is 1. The summed E-state index contributed by atoms with van der Waals surface area (Å²) in [6.45, 7) is 14.7. The molecular formula is C24H40N4O2+2. The maximum Gasteiger partial charge on any atom is 0.280 e. The van der Waals surface area contributed by atoms with Crippen molar-refractivity contribution in [3.05, 3.63) is 29.8 Å². The first-order valence-electron chi connectivity index (χ1n) is 11.7. The third kappa shape index (κ3) is 5.82. The van der Waals surface area contributed by atoms with Gasteiger partial charge in [-0.2, -0.15) is 0 Å². The zero-order valence-corrected chi connectivity index (χ0v) is 19.2. The van der Waals surface area contributed by atoms with Gasteiger partial charge in [0.25, 0.3) is 11.8 Å². The standard InChI is InChI=1S/C24H38N4O2/c1-5-21-8-6-7-9-22(21)25-23(29)17-26-10-12-27(13-11-26)20(4)24(30)28-15-18(2)14-19(3)16-28/h6-9,18-20H,5,10-17H2,1-4H3,(H,25,29)/p+2/t18-,19-,20-/m0/s1. The lowest BCUT2D eigenvalue weighted by Gasteiger charge is -2.38. The molecular weight excluding hydrogens is 376 g/mol. The summed E-state index contributed by atoms with van der Waals surface area (Å²) in [4.78, 5) is 30.4. The van der Waals surface area contributed by atoms with Gasteiger partial charge in [-0.25, -0.2) is 0 Å². The number of carbonyl (C=O) groups is 2. The molecule has 3 rings (SSSR count). The van der Waals surface area contributed by atoms with E-state index in [0.717, 1.165) is 51.4 Å². The summed E-state index contributed by atoms with van der Waals surface area (Å²) in [5.41, 5.74) is 2.10. The van der Waals surface area contributed by atoms with Crippen molar-refractivity contribution in [1.29, 1.82) is 0 Å². The number of piperazine rings is 1. The first kappa shape index (κ1) is 22.8. The molecule has 3 atom stereocenters. The minimum absolute atomic E-state index is 0.00862. The first-order valence-corrected chi connectivity index (χ1v) is 11.7. The zero-order chi connectivity index (χ0) is 21.7. The maximum absolute atomic E-state index is 13.0. The Bertz CT molecular complexity index is 720. The molecule has 0 radical (unpaired) electrons. The molecule has 1 aromatic rings. The molecule has 0 aliphatic carbocycles. The Morgan fingerprint density at radius 1 is 1.10 bits per heavy atom. The molecule has 1 aromatic carbocycles. The number of piperidine rings is 1. The number of nitrogens with one attached hydrogen (secondary N) is 3. The molecule has 2 saturated heterocycles. The Morgan fingerprint density at radius 3 is 2.37 bits per heavy atom. The summed E-state index contributed by atoms with van der Waals surface area (Å²) in [6.07, 6.45) is 2.13. The summed E-state index contributed by atoms with van der Waals surface area (Å²) in [7, 11) is 0. The predicted molar refractivity (Wildman–Crippen MR) is 120 cm³/mol. The van der Waals surface area contributed by atoms with Crippen molar-refractivity contribution >= 4 is 17.5 Å². The molecule has 2 amide bonds. The van der Waals surface area contributed by atoms with Gasteiger partial charge in [-0.1, -0.05) is 39.0 Å². The Morgan fingerprint density at radius 2 is 1.73 bits per heavy atom. The van der Waals surface area contributed by atoms with E-state index in [1.807, 2.05) is 18.2 Å². The lowest BCUT2D eigenvalue weighted by atomic mass is 9.91. The van der Waals surface area contributed by atoms with Gasteiger partial charge in [0.2, 0.25) is 0 Å². The monoisotopic (exact) mass is 416 g/mol. The predicted octanol–water partition coefficient (Wildman–Crippen LogP) is -0.136. The molecule has 0 unspecified atom stereocenters. The van der Waals surface area contributed by atoms with Crippen molar-refractivity contribution < 1.29 is 19.4 Å². The number of hydrogen-bond donors (Lipinski definition) is 3. The number of hydrogen-bond acceptors (Lipinski definition) is 2. The van der Waals surface area contributed by atoms with Crippen molar-refractivity contribution in [2.75, 3.05) is 51.1 Å². The van der Waals surface area contributed by atoms with Crippen LogP contribution in [0.2, 0.25) is 0 Å². The normalized spacial score (nSPS) is 28.1. The van der Waals surface area contributed by atoms with Gasteiger partial charge in [0.1, 0.15) is 26.2 Å². The fourth-order valence-corrected chi connectivity index (χ4v) is 5.20.